The molecule has 4 nitrogen and oxygen atoms in total. The lowest BCUT2D eigenvalue weighted by Gasteiger charge is -2.07. The number of hydrogen-bond acceptors (Lipinski definition) is 2. The lowest BCUT2D eigenvalue weighted by molar-refractivity contribution is -0.121. The van der Waals surface area contributed by atoms with Gasteiger partial charge in [-0.05, 0) is 36.2 Å². The van der Waals surface area contributed by atoms with Crippen molar-refractivity contribution in [1.29, 1.82) is 0 Å². The van der Waals surface area contributed by atoms with Crippen molar-refractivity contribution in [2.24, 2.45) is 0 Å². The van der Waals surface area contributed by atoms with Gasteiger partial charge in [0.15, 0.2) is 0 Å². The molecule has 1 heterocycles. The molecule has 0 spiro atoms. The Morgan fingerprint density at radius 2 is 1.91 bits per heavy atom. The van der Waals surface area contributed by atoms with Gasteiger partial charge in [-0.2, -0.15) is 0 Å². The molecule has 1 aromatic heterocycles. The number of imidazole rings is 1. The Kier molecular flexibility index (Phi) is 4.66. The summed E-state index contributed by atoms with van der Waals surface area (Å²) in [5.74, 6) is -0.241. The molecule has 0 bridgehead atoms. The Hall–Kier alpha value is -2.69. The average Bonchev–Trinajstić information content (AvgIpc) is 2.98. The molecule has 0 atom stereocenters. The Bertz CT molecular complexity index is 795. The van der Waals surface area contributed by atoms with Crippen LogP contribution in [0.4, 0.5) is 4.39 Å². The second-order valence-corrected chi connectivity index (χ2v) is 5.40. The largest absolute Gasteiger partial charge is 0.356 e. The van der Waals surface area contributed by atoms with Crippen LogP contribution in [-0.4, -0.2) is 22.0 Å². The van der Waals surface area contributed by atoms with Crippen molar-refractivity contribution in [2.75, 3.05) is 6.54 Å². The molecule has 1 N–H and O–H groups in total. The van der Waals surface area contributed by atoms with Crippen LogP contribution < -0.4 is 5.32 Å². The first-order chi connectivity index (χ1) is 11.2. The standard InChI is InChI=1S/C18H18FN3O/c19-15-7-5-14(6-8-15)9-11-20-18(23)10-12-22-13-21-16-3-1-2-4-17(16)22/h1-8,13H,9-12H2,(H,20,23). The molecule has 0 aliphatic rings. The summed E-state index contributed by atoms with van der Waals surface area (Å²) in [6, 6.07) is 14.2. The van der Waals surface area contributed by atoms with Crippen molar-refractivity contribution in [3.8, 4) is 0 Å². The number of fused-ring (bicyclic) bond motifs is 1. The van der Waals surface area contributed by atoms with E-state index in [-0.39, 0.29) is 11.7 Å². The van der Waals surface area contributed by atoms with Crippen LogP contribution in [0.25, 0.3) is 11.0 Å². The van der Waals surface area contributed by atoms with Gasteiger partial charge in [0.25, 0.3) is 0 Å². The average molecular weight is 311 g/mol. The lowest BCUT2D eigenvalue weighted by atomic mass is 10.1. The van der Waals surface area contributed by atoms with Gasteiger partial charge in [0.2, 0.25) is 5.91 Å². The molecule has 5 heteroatoms. The number of benzene rings is 2. The van der Waals surface area contributed by atoms with Crippen LogP contribution in [0.3, 0.4) is 0 Å². The van der Waals surface area contributed by atoms with Gasteiger partial charge in [-0.25, -0.2) is 9.37 Å². The summed E-state index contributed by atoms with van der Waals surface area (Å²) in [5.41, 5.74) is 2.98. The summed E-state index contributed by atoms with van der Waals surface area (Å²) in [6.07, 6.45) is 2.86. The summed E-state index contributed by atoms with van der Waals surface area (Å²) in [4.78, 5) is 16.2. The fourth-order valence-electron chi connectivity index (χ4n) is 2.50. The SMILES string of the molecule is O=C(CCn1cnc2ccccc21)NCCc1ccc(F)cc1. The van der Waals surface area contributed by atoms with Crippen LogP contribution in [0, 0.1) is 5.82 Å². The van der Waals surface area contributed by atoms with Crippen LogP contribution >= 0.6 is 0 Å². The van der Waals surface area contributed by atoms with Crippen molar-refractivity contribution in [3.63, 3.8) is 0 Å². The summed E-state index contributed by atoms with van der Waals surface area (Å²) >= 11 is 0. The molecule has 0 aliphatic heterocycles. The first-order valence-electron chi connectivity index (χ1n) is 7.63. The number of aryl methyl sites for hydroxylation is 1. The molecule has 0 saturated carbocycles. The van der Waals surface area contributed by atoms with Crippen LogP contribution in [0.1, 0.15) is 12.0 Å². The fourth-order valence-corrected chi connectivity index (χ4v) is 2.50. The number of amides is 1. The maximum atomic E-state index is 12.8. The monoisotopic (exact) mass is 311 g/mol. The molecule has 2 aromatic carbocycles. The molecular weight excluding hydrogens is 293 g/mol. The van der Waals surface area contributed by atoms with E-state index in [0.717, 1.165) is 16.6 Å². The Morgan fingerprint density at radius 3 is 2.74 bits per heavy atom. The van der Waals surface area contributed by atoms with E-state index in [4.69, 9.17) is 0 Å². The number of hydrogen-bond donors (Lipinski definition) is 1. The van der Waals surface area contributed by atoms with Crippen molar-refractivity contribution in [2.45, 2.75) is 19.4 Å². The Morgan fingerprint density at radius 1 is 1.13 bits per heavy atom. The van der Waals surface area contributed by atoms with Crippen molar-refractivity contribution in [1.82, 2.24) is 14.9 Å². The van der Waals surface area contributed by atoms with Crippen LogP contribution in [0.5, 0.6) is 0 Å². The molecule has 3 aromatic rings. The second-order valence-electron chi connectivity index (χ2n) is 5.40. The molecule has 118 valence electrons. The highest BCUT2D eigenvalue weighted by Gasteiger charge is 2.05. The molecule has 0 aliphatic carbocycles. The Balaban J connectivity index is 1.45. The van der Waals surface area contributed by atoms with Crippen molar-refractivity contribution < 1.29 is 9.18 Å². The summed E-state index contributed by atoms with van der Waals surface area (Å²) in [6.45, 7) is 1.15. The summed E-state index contributed by atoms with van der Waals surface area (Å²) in [5, 5.41) is 2.89. The maximum Gasteiger partial charge on any atom is 0.221 e. The van der Waals surface area contributed by atoms with Gasteiger partial charge < -0.3 is 9.88 Å². The number of nitrogens with one attached hydrogen (secondary N) is 1. The quantitative estimate of drug-likeness (QED) is 0.761. The molecule has 0 radical (unpaired) electrons. The van der Waals surface area contributed by atoms with Gasteiger partial charge in [-0.1, -0.05) is 24.3 Å². The molecular formula is C18H18FN3O. The van der Waals surface area contributed by atoms with Gasteiger partial charge in [-0.15, -0.1) is 0 Å². The Labute approximate surface area is 134 Å². The first kappa shape index (κ1) is 15.2. The number of nitrogens with zero attached hydrogens (tertiary/aromatic N) is 2. The van der Waals surface area contributed by atoms with E-state index in [9.17, 15) is 9.18 Å². The van der Waals surface area contributed by atoms with E-state index >= 15 is 0 Å². The van der Waals surface area contributed by atoms with Gasteiger partial charge in [0.05, 0.1) is 17.4 Å². The highest BCUT2D eigenvalue weighted by molar-refractivity contribution is 5.77. The predicted octanol–water partition coefficient (Wildman–Crippen LogP) is 2.92. The smallest absolute Gasteiger partial charge is 0.221 e. The van der Waals surface area contributed by atoms with E-state index in [2.05, 4.69) is 10.3 Å². The summed E-state index contributed by atoms with van der Waals surface area (Å²) in [7, 11) is 0. The minimum Gasteiger partial charge on any atom is -0.356 e. The predicted molar refractivity (Wildman–Crippen MR) is 87.5 cm³/mol. The third-order valence-electron chi connectivity index (χ3n) is 3.76. The number of carbonyl (C=O) groups is 1. The van der Waals surface area contributed by atoms with Gasteiger partial charge in [0, 0.05) is 19.5 Å². The zero-order chi connectivity index (χ0) is 16.1. The van der Waals surface area contributed by atoms with Crippen LogP contribution in [-0.2, 0) is 17.8 Å². The molecule has 3 rings (SSSR count). The number of para-hydroxylation sites is 2. The van der Waals surface area contributed by atoms with E-state index in [1.165, 1.54) is 12.1 Å². The zero-order valence-corrected chi connectivity index (χ0v) is 12.7. The normalized spacial score (nSPS) is 10.8. The molecule has 23 heavy (non-hydrogen) atoms. The third-order valence-corrected chi connectivity index (χ3v) is 3.76. The molecule has 0 unspecified atom stereocenters. The number of carbonyl (C=O) groups excluding carboxylic acids is 1. The van der Waals surface area contributed by atoms with E-state index in [0.29, 0.717) is 25.9 Å². The lowest BCUT2D eigenvalue weighted by Crippen LogP contribution is -2.26. The van der Waals surface area contributed by atoms with E-state index in [1.807, 2.05) is 28.8 Å². The highest BCUT2D eigenvalue weighted by atomic mass is 19.1. The molecule has 1 amide bonds. The number of rotatable bonds is 6. The van der Waals surface area contributed by atoms with E-state index in [1.54, 1.807) is 18.5 Å². The minimum atomic E-state index is -0.245. The zero-order valence-electron chi connectivity index (χ0n) is 12.7. The van der Waals surface area contributed by atoms with Crippen LogP contribution in [0.2, 0.25) is 0 Å². The fraction of sp³-hybridized carbons (Fsp3) is 0.222. The topological polar surface area (TPSA) is 46.9 Å². The number of aromatic nitrogens is 2. The number of halogens is 1. The van der Waals surface area contributed by atoms with E-state index < -0.39 is 0 Å². The summed E-state index contributed by atoms with van der Waals surface area (Å²) < 4.78 is 14.8. The first-order valence-corrected chi connectivity index (χ1v) is 7.63. The van der Waals surface area contributed by atoms with Crippen molar-refractivity contribution in [3.05, 3.63) is 66.2 Å². The minimum absolute atomic E-state index is 0.00453. The second kappa shape index (κ2) is 7.05. The van der Waals surface area contributed by atoms with Gasteiger partial charge in [0.1, 0.15) is 5.82 Å². The third kappa shape index (κ3) is 3.94. The molecule has 0 fully saturated rings. The highest BCUT2D eigenvalue weighted by Crippen LogP contribution is 2.12. The van der Waals surface area contributed by atoms with Crippen LogP contribution in [0.15, 0.2) is 54.9 Å². The maximum absolute atomic E-state index is 12.8. The van der Waals surface area contributed by atoms with Crippen molar-refractivity contribution >= 4 is 16.9 Å². The van der Waals surface area contributed by atoms with Gasteiger partial charge >= 0.3 is 0 Å². The molecule has 0 saturated heterocycles. The van der Waals surface area contributed by atoms with Gasteiger partial charge in [-0.3, -0.25) is 4.79 Å².